The van der Waals surface area contributed by atoms with Gasteiger partial charge >= 0.3 is 6.18 Å². The van der Waals surface area contributed by atoms with Gasteiger partial charge in [-0.3, -0.25) is 4.90 Å². The number of alkyl halides is 3. The average Bonchev–Trinajstić information content (AvgIpc) is 2.26. The Kier molecular flexibility index (Phi) is 4.62. The summed E-state index contributed by atoms with van der Waals surface area (Å²) in [7, 11) is 4.36. The first-order valence-corrected chi connectivity index (χ1v) is 5.71. The Morgan fingerprint density at radius 3 is 2.28 bits per heavy atom. The van der Waals surface area contributed by atoms with Gasteiger partial charge in [0, 0.05) is 0 Å². The highest BCUT2D eigenvalue weighted by Gasteiger charge is 2.42. The number of methoxy groups -OCH3 is 1. The average molecular weight is 261 g/mol. The second-order valence-electron chi connectivity index (χ2n) is 4.33. The molecule has 0 aliphatic heterocycles. The van der Waals surface area contributed by atoms with Gasteiger partial charge in [0.15, 0.2) is 0 Å². The standard InChI is InChI=1S/C13H18F3NO/c1-5-9-8-10(6-7-11(9)18-4)12(17(2)3)13(14,15)16/h6-8,12H,5H2,1-4H3. The molecule has 0 aliphatic carbocycles. The van der Waals surface area contributed by atoms with Crippen molar-refractivity contribution >= 4 is 0 Å². The Labute approximate surface area is 105 Å². The highest BCUT2D eigenvalue weighted by Crippen LogP contribution is 2.37. The predicted octanol–water partition coefficient (Wildman–Crippen LogP) is 3.42. The molecule has 0 aliphatic rings. The van der Waals surface area contributed by atoms with Crippen LogP contribution < -0.4 is 4.74 Å². The molecule has 0 heterocycles. The zero-order chi connectivity index (χ0) is 13.9. The maximum absolute atomic E-state index is 13.0. The molecule has 102 valence electrons. The van der Waals surface area contributed by atoms with Gasteiger partial charge in [-0.25, -0.2) is 0 Å². The summed E-state index contributed by atoms with van der Waals surface area (Å²) in [6.07, 6.45) is -3.65. The summed E-state index contributed by atoms with van der Waals surface area (Å²) in [6.45, 7) is 1.89. The molecule has 18 heavy (non-hydrogen) atoms. The van der Waals surface area contributed by atoms with Gasteiger partial charge in [0.2, 0.25) is 0 Å². The van der Waals surface area contributed by atoms with E-state index in [1.54, 1.807) is 12.1 Å². The summed E-state index contributed by atoms with van der Waals surface area (Å²) in [5.74, 6) is 0.626. The molecule has 5 heteroatoms. The normalized spacial score (nSPS) is 13.8. The van der Waals surface area contributed by atoms with E-state index in [-0.39, 0.29) is 5.56 Å². The van der Waals surface area contributed by atoms with Crippen LogP contribution >= 0.6 is 0 Å². The van der Waals surface area contributed by atoms with Crippen molar-refractivity contribution in [1.29, 1.82) is 0 Å². The van der Waals surface area contributed by atoms with Gasteiger partial charge < -0.3 is 4.74 Å². The first kappa shape index (κ1) is 14.8. The summed E-state index contributed by atoms with van der Waals surface area (Å²) in [5.41, 5.74) is 1.02. The van der Waals surface area contributed by atoms with Crippen LogP contribution in [0.15, 0.2) is 18.2 Å². The Hall–Kier alpha value is -1.23. The molecule has 0 fully saturated rings. The molecule has 1 unspecified atom stereocenters. The van der Waals surface area contributed by atoms with Gasteiger partial charge in [0.1, 0.15) is 11.8 Å². The van der Waals surface area contributed by atoms with Crippen LogP contribution in [0.2, 0.25) is 0 Å². The van der Waals surface area contributed by atoms with E-state index >= 15 is 0 Å². The third-order valence-corrected chi connectivity index (χ3v) is 2.83. The van der Waals surface area contributed by atoms with Crippen LogP contribution in [0.3, 0.4) is 0 Å². The second kappa shape index (κ2) is 5.61. The fraction of sp³-hybridized carbons (Fsp3) is 0.538. The number of nitrogens with zero attached hydrogens (tertiary/aromatic N) is 1. The molecule has 1 aromatic carbocycles. The first-order chi connectivity index (χ1) is 8.31. The summed E-state index contributed by atoms with van der Waals surface area (Å²) in [6, 6.07) is 3.04. The molecular weight excluding hydrogens is 243 g/mol. The lowest BCUT2D eigenvalue weighted by Crippen LogP contribution is -2.33. The Bertz CT molecular complexity index is 402. The number of hydrogen-bond acceptors (Lipinski definition) is 2. The van der Waals surface area contributed by atoms with Crippen LogP contribution in [0.25, 0.3) is 0 Å². The van der Waals surface area contributed by atoms with Crippen molar-refractivity contribution in [3.8, 4) is 5.75 Å². The lowest BCUT2D eigenvalue weighted by molar-refractivity contribution is -0.179. The second-order valence-corrected chi connectivity index (χ2v) is 4.33. The molecule has 0 saturated heterocycles. The number of rotatable bonds is 4. The van der Waals surface area contributed by atoms with Crippen LogP contribution in [-0.4, -0.2) is 32.3 Å². The Morgan fingerprint density at radius 1 is 1.28 bits per heavy atom. The fourth-order valence-corrected chi connectivity index (χ4v) is 2.02. The molecule has 1 rings (SSSR count). The molecule has 1 aromatic rings. The van der Waals surface area contributed by atoms with Crippen LogP contribution in [0.1, 0.15) is 24.1 Å². The lowest BCUT2D eigenvalue weighted by Gasteiger charge is -2.27. The quantitative estimate of drug-likeness (QED) is 0.823. The molecule has 2 nitrogen and oxygen atoms in total. The van der Waals surface area contributed by atoms with Gasteiger partial charge in [0.25, 0.3) is 0 Å². The van der Waals surface area contributed by atoms with Crippen molar-refractivity contribution in [2.75, 3.05) is 21.2 Å². The van der Waals surface area contributed by atoms with Crippen molar-refractivity contribution < 1.29 is 17.9 Å². The number of benzene rings is 1. The minimum atomic E-state index is -4.29. The summed E-state index contributed by atoms with van der Waals surface area (Å²) in [4.78, 5) is 1.17. The van der Waals surface area contributed by atoms with Crippen LogP contribution in [0.5, 0.6) is 5.75 Å². The molecule has 0 radical (unpaired) electrons. The SMILES string of the molecule is CCc1cc(C(N(C)C)C(F)(F)F)ccc1OC. The molecule has 1 atom stereocenters. The van der Waals surface area contributed by atoms with Gasteiger partial charge in [-0.2, -0.15) is 13.2 Å². The van der Waals surface area contributed by atoms with E-state index < -0.39 is 12.2 Å². The molecule has 0 bridgehead atoms. The zero-order valence-corrected chi connectivity index (χ0v) is 11.0. The van der Waals surface area contributed by atoms with Crippen LogP contribution in [-0.2, 0) is 6.42 Å². The number of halogens is 3. The van der Waals surface area contributed by atoms with Crippen molar-refractivity contribution in [3.63, 3.8) is 0 Å². The molecule has 0 aromatic heterocycles. The van der Waals surface area contributed by atoms with Gasteiger partial charge in [-0.1, -0.05) is 19.1 Å². The summed E-state index contributed by atoms with van der Waals surface area (Å²) < 4.78 is 44.1. The monoisotopic (exact) mass is 261 g/mol. The van der Waals surface area contributed by atoms with Crippen LogP contribution in [0.4, 0.5) is 13.2 Å². The van der Waals surface area contributed by atoms with E-state index in [1.165, 1.54) is 32.2 Å². The van der Waals surface area contributed by atoms with E-state index in [4.69, 9.17) is 4.74 Å². The summed E-state index contributed by atoms with van der Waals surface area (Å²) >= 11 is 0. The van der Waals surface area contributed by atoms with Gasteiger partial charge in [-0.15, -0.1) is 0 Å². The number of aryl methyl sites for hydroxylation is 1. The number of ether oxygens (including phenoxy) is 1. The minimum absolute atomic E-state index is 0.241. The highest BCUT2D eigenvalue weighted by molar-refractivity contribution is 5.38. The van der Waals surface area contributed by atoms with Crippen molar-refractivity contribution in [2.45, 2.75) is 25.6 Å². The third kappa shape index (κ3) is 3.16. The van der Waals surface area contributed by atoms with Gasteiger partial charge in [0.05, 0.1) is 7.11 Å². The Morgan fingerprint density at radius 2 is 1.89 bits per heavy atom. The zero-order valence-electron chi connectivity index (χ0n) is 11.0. The molecular formula is C13H18F3NO. The smallest absolute Gasteiger partial charge is 0.408 e. The van der Waals surface area contributed by atoms with E-state index in [0.29, 0.717) is 12.2 Å². The largest absolute Gasteiger partial charge is 0.496 e. The first-order valence-electron chi connectivity index (χ1n) is 5.71. The molecule has 0 saturated carbocycles. The maximum Gasteiger partial charge on any atom is 0.408 e. The highest BCUT2D eigenvalue weighted by atomic mass is 19.4. The number of hydrogen-bond donors (Lipinski definition) is 0. The van der Waals surface area contributed by atoms with Gasteiger partial charge in [-0.05, 0) is 37.7 Å². The molecule has 0 spiro atoms. The van der Waals surface area contributed by atoms with E-state index in [0.717, 1.165) is 5.56 Å². The topological polar surface area (TPSA) is 12.5 Å². The van der Waals surface area contributed by atoms with E-state index in [1.807, 2.05) is 6.92 Å². The Balaban J connectivity index is 3.22. The maximum atomic E-state index is 13.0. The van der Waals surface area contributed by atoms with Crippen molar-refractivity contribution in [1.82, 2.24) is 4.90 Å². The van der Waals surface area contributed by atoms with E-state index in [9.17, 15) is 13.2 Å². The van der Waals surface area contributed by atoms with E-state index in [2.05, 4.69) is 0 Å². The predicted molar refractivity (Wildman–Crippen MR) is 64.9 cm³/mol. The molecule has 0 amide bonds. The fourth-order valence-electron chi connectivity index (χ4n) is 2.02. The van der Waals surface area contributed by atoms with Crippen LogP contribution in [0, 0.1) is 0 Å². The molecule has 0 N–H and O–H groups in total. The third-order valence-electron chi connectivity index (χ3n) is 2.83. The summed E-state index contributed by atoms with van der Waals surface area (Å²) in [5, 5.41) is 0. The minimum Gasteiger partial charge on any atom is -0.496 e. The van der Waals surface area contributed by atoms with Crippen molar-refractivity contribution in [3.05, 3.63) is 29.3 Å². The van der Waals surface area contributed by atoms with Crippen molar-refractivity contribution in [2.24, 2.45) is 0 Å². The lowest BCUT2D eigenvalue weighted by atomic mass is 10.0.